The molecule has 2 aromatic rings. The lowest BCUT2D eigenvalue weighted by Gasteiger charge is -2.14. The van der Waals surface area contributed by atoms with Gasteiger partial charge in [0.15, 0.2) is 17.3 Å². The van der Waals surface area contributed by atoms with Crippen LogP contribution in [-0.2, 0) is 8.85 Å². The molecule has 1 atom stereocenters. The molecule has 5 nitrogen and oxygen atoms in total. The van der Waals surface area contributed by atoms with Crippen molar-refractivity contribution in [2.24, 2.45) is 0 Å². The van der Waals surface area contributed by atoms with Crippen LogP contribution in [0.1, 0.15) is 29.3 Å². The zero-order valence-electron chi connectivity index (χ0n) is 14.6. The highest BCUT2D eigenvalue weighted by atomic mass is 28.3. The van der Waals surface area contributed by atoms with Crippen molar-refractivity contribution >= 4 is 15.1 Å². The van der Waals surface area contributed by atoms with E-state index in [1.807, 2.05) is 13.0 Å². The molecule has 134 valence electrons. The smallest absolute Gasteiger partial charge is 0.321 e. The third-order valence-corrected chi connectivity index (χ3v) is 5.85. The Bertz CT molecular complexity index is 675. The van der Waals surface area contributed by atoms with Crippen molar-refractivity contribution in [2.45, 2.75) is 19.4 Å². The maximum Gasteiger partial charge on any atom is 0.321 e. The minimum absolute atomic E-state index is 0.123. The minimum Gasteiger partial charge on any atom is -0.504 e. The van der Waals surface area contributed by atoms with E-state index >= 15 is 0 Å². The maximum atomic E-state index is 12.5. The van der Waals surface area contributed by atoms with Crippen molar-refractivity contribution < 1.29 is 23.5 Å². The van der Waals surface area contributed by atoms with Crippen LogP contribution in [0, 0.1) is 0 Å². The van der Waals surface area contributed by atoms with Crippen molar-refractivity contribution in [3.8, 4) is 11.5 Å². The first-order valence-electron chi connectivity index (χ1n) is 8.36. The number of phenolic OH excluding ortho intramolecular Hbond substituents is 1. The molecule has 0 spiro atoms. The Kier molecular flexibility index (Phi) is 7.65. The Morgan fingerprint density at radius 3 is 2.56 bits per heavy atom. The predicted molar refractivity (Wildman–Crippen MR) is 98.7 cm³/mol. The average molecular weight is 360 g/mol. The van der Waals surface area contributed by atoms with Crippen LogP contribution in [-0.4, -0.2) is 40.5 Å². The van der Waals surface area contributed by atoms with Crippen molar-refractivity contribution in [3.63, 3.8) is 0 Å². The number of aromatic hydroxyl groups is 1. The van der Waals surface area contributed by atoms with Gasteiger partial charge in [0, 0.05) is 19.3 Å². The molecule has 0 fully saturated rings. The Labute approximate surface area is 150 Å². The number of ketones is 1. The Balaban J connectivity index is 1.98. The molecule has 1 unspecified atom stereocenters. The Morgan fingerprint density at radius 1 is 1.12 bits per heavy atom. The van der Waals surface area contributed by atoms with E-state index in [4.69, 9.17) is 13.6 Å². The van der Waals surface area contributed by atoms with E-state index in [2.05, 4.69) is 0 Å². The molecule has 0 bridgehead atoms. The lowest BCUT2D eigenvalue weighted by molar-refractivity contribution is 0.103. The van der Waals surface area contributed by atoms with Crippen LogP contribution in [0.2, 0.25) is 6.04 Å². The molecule has 0 saturated heterocycles. The van der Waals surface area contributed by atoms with Gasteiger partial charge < -0.3 is 18.7 Å². The second-order valence-corrected chi connectivity index (χ2v) is 7.70. The van der Waals surface area contributed by atoms with Gasteiger partial charge in [0.05, 0.1) is 12.2 Å². The zero-order chi connectivity index (χ0) is 18.1. The van der Waals surface area contributed by atoms with E-state index in [1.165, 1.54) is 0 Å². The topological polar surface area (TPSA) is 65.0 Å². The summed E-state index contributed by atoms with van der Waals surface area (Å²) in [5.74, 6) is -0.0396. The van der Waals surface area contributed by atoms with Gasteiger partial charge in [0.25, 0.3) is 0 Å². The summed E-state index contributed by atoms with van der Waals surface area (Å²) < 4.78 is 16.5. The van der Waals surface area contributed by atoms with Gasteiger partial charge in [-0.2, -0.15) is 0 Å². The van der Waals surface area contributed by atoms with Crippen molar-refractivity contribution in [2.75, 3.05) is 20.3 Å². The number of carbonyl (C=O) groups excluding carboxylic acids is 1. The molecular weight excluding hydrogens is 336 g/mol. The van der Waals surface area contributed by atoms with E-state index in [0.29, 0.717) is 24.5 Å². The van der Waals surface area contributed by atoms with E-state index in [9.17, 15) is 9.90 Å². The molecule has 2 aromatic carbocycles. The second-order valence-electron chi connectivity index (χ2n) is 5.46. The molecule has 0 aromatic heterocycles. The molecule has 0 aliphatic carbocycles. The molecule has 6 heteroatoms. The van der Waals surface area contributed by atoms with E-state index in [0.717, 1.165) is 12.5 Å². The quantitative estimate of drug-likeness (QED) is 0.400. The van der Waals surface area contributed by atoms with E-state index < -0.39 is 9.28 Å². The molecule has 0 aliphatic rings. The normalized spacial score (nSPS) is 11.9. The number of benzene rings is 2. The predicted octanol–water partition coefficient (Wildman–Crippen LogP) is 3.30. The monoisotopic (exact) mass is 360 g/mol. The second kappa shape index (κ2) is 9.98. The van der Waals surface area contributed by atoms with Crippen LogP contribution in [0.5, 0.6) is 11.5 Å². The maximum absolute atomic E-state index is 12.5. The Hall–Kier alpha value is -2.15. The van der Waals surface area contributed by atoms with Crippen molar-refractivity contribution in [1.29, 1.82) is 0 Å². The summed E-state index contributed by atoms with van der Waals surface area (Å²) in [6.45, 7) is 3.02. The summed E-state index contributed by atoms with van der Waals surface area (Å²) in [6, 6.07) is 14.7. The van der Waals surface area contributed by atoms with Gasteiger partial charge in [0.2, 0.25) is 0 Å². The van der Waals surface area contributed by atoms with Gasteiger partial charge in [-0.15, -0.1) is 0 Å². The average Bonchev–Trinajstić information content (AvgIpc) is 2.65. The van der Waals surface area contributed by atoms with Gasteiger partial charge in [-0.1, -0.05) is 36.4 Å². The first-order valence-corrected chi connectivity index (χ1v) is 10.1. The van der Waals surface area contributed by atoms with Crippen LogP contribution in [0.15, 0.2) is 48.5 Å². The van der Waals surface area contributed by atoms with Crippen molar-refractivity contribution in [1.82, 2.24) is 0 Å². The molecule has 0 radical (unpaired) electrons. The zero-order valence-corrected chi connectivity index (χ0v) is 15.8. The number of ether oxygens (including phenoxy) is 1. The standard InChI is InChI=1S/C19H24O5Si/c1-3-24-25(22-2)14-8-13-23-17-12-7-11-16(19(17)21)18(20)15-9-5-4-6-10-15/h4-7,9-12,21,25H,3,8,13-14H2,1-2H3. The van der Waals surface area contributed by atoms with E-state index in [1.54, 1.807) is 49.6 Å². The van der Waals surface area contributed by atoms with Crippen LogP contribution < -0.4 is 4.74 Å². The van der Waals surface area contributed by atoms with Crippen LogP contribution in [0.25, 0.3) is 0 Å². The SMILES string of the molecule is CCO[SiH](CCCOc1cccc(C(=O)c2ccccc2)c1O)OC. The summed E-state index contributed by atoms with van der Waals surface area (Å²) in [5.41, 5.74) is 0.766. The lowest BCUT2D eigenvalue weighted by Crippen LogP contribution is -2.21. The third-order valence-electron chi connectivity index (χ3n) is 3.74. The first kappa shape index (κ1) is 19.2. The molecular formula is C19H24O5Si. The molecule has 0 amide bonds. The van der Waals surface area contributed by atoms with E-state index in [-0.39, 0.29) is 17.1 Å². The lowest BCUT2D eigenvalue weighted by atomic mass is 10.0. The van der Waals surface area contributed by atoms with Gasteiger partial charge in [-0.25, -0.2) is 0 Å². The fraction of sp³-hybridized carbons (Fsp3) is 0.316. The number of rotatable bonds is 10. The van der Waals surface area contributed by atoms with Crippen LogP contribution >= 0.6 is 0 Å². The third kappa shape index (κ3) is 5.42. The number of para-hydroxylation sites is 1. The number of hydrogen-bond acceptors (Lipinski definition) is 5. The fourth-order valence-electron chi connectivity index (χ4n) is 2.45. The van der Waals surface area contributed by atoms with Crippen molar-refractivity contribution in [3.05, 3.63) is 59.7 Å². The molecule has 1 N–H and O–H groups in total. The summed E-state index contributed by atoms with van der Waals surface area (Å²) in [5, 5.41) is 10.4. The first-order chi connectivity index (χ1) is 12.2. The van der Waals surface area contributed by atoms with Gasteiger partial charge in [-0.3, -0.25) is 4.79 Å². The molecule has 0 aliphatic heterocycles. The highest BCUT2D eigenvalue weighted by molar-refractivity contribution is 6.44. The number of hydrogen-bond donors (Lipinski definition) is 1. The van der Waals surface area contributed by atoms with Gasteiger partial charge in [-0.05, 0) is 31.5 Å². The minimum atomic E-state index is -1.61. The molecule has 0 saturated carbocycles. The fourth-order valence-corrected chi connectivity index (χ4v) is 3.86. The summed E-state index contributed by atoms with van der Waals surface area (Å²) in [4.78, 5) is 12.5. The summed E-state index contributed by atoms with van der Waals surface area (Å²) in [6.07, 6.45) is 0.765. The highest BCUT2D eigenvalue weighted by Crippen LogP contribution is 2.31. The molecule has 25 heavy (non-hydrogen) atoms. The van der Waals surface area contributed by atoms with Crippen LogP contribution in [0.3, 0.4) is 0 Å². The molecule has 2 rings (SSSR count). The Morgan fingerprint density at radius 2 is 1.88 bits per heavy atom. The van der Waals surface area contributed by atoms with Gasteiger partial charge >= 0.3 is 9.28 Å². The van der Waals surface area contributed by atoms with Crippen LogP contribution in [0.4, 0.5) is 0 Å². The number of phenols is 1. The van der Waals surface area contributed by atoms with Gasteiger partial charge in [0.1, 0.15) is 0 Å². The largest absolute Gasteiger partial charge is 0.504 e. The highest BCUT2D eigenvalue weighted by Gasteiger charge is 2.17. The summed E-state index contributed by atoms with van der Waals surface area (Å²) in [7, 11) is 0.0500. The summed E-state index contributed by atoms with van der Waals surface area (Å²) >= 11 is 0. The molecule has 0 heterocycles. The number of carbonyl (C=O) groups is 1.